The summed E-state index contributed by atoms with van der Waals surface area (Å²) in [6.45, 7) is 7.59. The molecule has 0 radical (unpaired) electrons. The summed E-state index contributed by atoms with van der Waals surface area (Å²) in [4.78, 5) is 24.1. The standard InChI is InChI=1S/C20H19N5O2/c1-14-5-4-6-16(9-14)19-23-20(27-24-19)17-7-8-18(26)25(12-17)11-15(2)10-22-13-21-3/h4-10,12-13H,3,11H2,1-2H3/b15-10+,22-13-. The van der Waals surface area contributed by atoms with Gasteiger partial charge in [0.25, 0.3) is 11.4 Å². The second kappa shape index (κ2) is 8.18. The Balaban J connectivity index is 1.88. The van der Waals surface area contributed by atoms with Crippen LogP contribution in [0.25, 0.3) is 22.8 Å². The summed E-state index contributed by atoms with van der Waals surface area (Å²) in [6.07, 6.45) is 4.67. The van der Waals surface area contributed by atoms with E-state index in [0.717, 1.165) is 16.7 Å². The Hall–Kier alpha value is -3.61. The van der Waals surface area contributed by atoms with Crippen LogP contribution >= 0.6 is 0 Å². The molecule has 2 aromatic heterocycles. The molecule has 27 heavy (non-hydrogen) atoms. The molecule has 7 nitrogen and oxygen atoms in total. The molecule has 0 fully saturated rings. The van der Waals surface area contributed by atoms with Crippen molar-refractivity contribution in [3.8, 4) is 22.8 Å². The predicted molar refractivity (Wildman–Crippen MR) is 106 cm³/mol. The summed E-state index contributed by atoms with van der Waals surface area (Å²) in [5.41, 5.74) is 3.43. The smallest absolute Gasteiger partial charge is 0.259 e. The molecule has 2 heterocycles. The van der Waals surface area contributed by atoms with Crippen LogP contribution in [0.3, 0.4) is 0 Å². The summed E-state index contributed by atoms with van der Waals surface area (Å²) >= 11 is 0. The van der Waals surface area contributed by atoms with Crippen LogP contribution < -0.4 is 5.56 Å². The minimum atomic E-state index is -0.129. The Morgan fingerprint density at radius 3 is 2.93 bits per heavy atom. The van der Waals surface area contributed by atoms with Gasteiger partial charge in [-0.3, -0.25) is 9.79 Å². The van der Waals surface area contributed by atoms with Gasteiger partial charge in [-0.15, -0.1) is 0 Å². The van der Waals surface area contributed by atoms with Crippen LogP contribution in [-0.2, 0) is 6.54 Å². The van der Waals surface area contributed by atoms with Gasteiger partial charge in [-0.1, -0.05) is 28.9 Å². The normalized spacial score (nSPS) is 11.9. The number of hydrogen-bond acceptors (Lipinski definition) is 5. The average molecular weight is 361 g/mol. The van der Waals surface area contributed by atoms with Gasteiger partial charge < -0.3 is 9.09 Å². The number of nitrogens with zero attached hydrogens (tertiary/aromatic N) is 5. The van der Waals surface area contributed by atoms with Gasteiger partial charge in [-0.25, -0.2) is 4.99 Å². The highest BCUT2D eigenvalue weighted by molar-refractivity contribution is 5.62. The first kappa shape index (κ1) is 18.2. The molecule has 3 rings (SSSR count). The van der Waals surface area contributed by atoms with Gasteiger partial charge in [0, 0.05) is 30.6 Å². The molecule has 136 valence electrons. The van der Waals surface area contributed by atoms with E-state index in [0.29, 0.717) is 23.8 Å². The van der Waals surface area contributed by atoms with Crippen molar-refractivity contribution in [1.29, 1.82) is 0 Å². The third-order valence-electron chi connectivity index (χ3n) is 3.80. The van der Waals surface area contributed by atoms with Gasteiger partial charge in [0.1, 0.15) is 6.34 Å². The fourth-order valence-electron chi connectivity index (χ4n) is 2.54. The molecule has 0 aliphatic heterocycles. The number of allylic oxidation sites excluding steroid dienone is 1. The third-order valence-corrected chi connectivity index (χ3v) is 3.80. The Kier molecular flexibility index (Phi) is 5.51. The molecule has 0 saturated carbocycles. The molecule has 7 heteroatoms. The molecular weight excluding hydrogens is 342 g/mol. The molecule has 0 atom stereocenters. The Morgan fingerprint density at radius 1 is 1.30 bits per heavy atom. The number of aromatic nitrogens is 3. The van der Waals surface area contributed by atoms with E-state index >= 15 is 0 Å². The molecule has 0 amide bonds. The number of benzene rings is 1. The first-order valence-electron chi connectivity index (χ1n) is 8.31. The van der Waals surface area contributed by atoms with E-state index in [2.05, 4.69) is 26.8 Å². The van der Waals surface area contributed by atoms with Crippen LogP contribution in [0, 0.1) is 6.92 Å². The lowest BCUT2D eigenvalue weighted by Crippen LogP contribution is -2.19. The van der Waals surface area contributed by atoms with E-state index in [1.165, 1.54) is 12.4 Å². The highest BCUT2D eigenvalue weighted by Crippen LogP contribution is 2.22. The summed E-state index contributed by atoms with van der Waals surface area (Å²) in [7, 11) is 0. The van der Waals surface area contributed by atoms with E-state index in [9.17, 15) is 4.79 Å². The Bertz CT molecular complexity index is 1080. The predicted octanol–water partition coefficient (Wildman–Crippen LogP) is 3.51. The lowest BCUT2D eigenvalue weighted by atomic mass is 10.1. The van der Waals surface area contributed by atoms with Crippen LogP contribution in [-0.4, -0.2) is 27.8 Å². The Labute approximate surface area is 156 Å². The van der Waals surface area contributed by atoms with Crippen molar-refractivity contribution < 1.29 is 4.52 Å². The first-order chi connectivity index (χ1) is 13.1. The molecular formula is C20H19N5O2. The maximum atomic E-state index is 12.1. The zero-order valence-corrected chi connectivity index (χ0v) is 15.2. The fourth-order valence-corrected chi connectivity index (χ4v) is 2.54. The molecule has 0 aliphatic rings. The minimum absolute atomic E-state index is 0.129. The SMILES string of the molecule is C=N/C=N\C=C(/C)Cn1cc(-c2nc(-c3cccc(C)c3)no2)ccc1=O. The molecule has 0 saturated heterocycles. The number of aliphatic imine (C=N–C) groups is 2. The fraction of sp³-hybridized carbons (Fsp3) is 0.150. The summed E-state index contributed by atoms with van der Waals surface area (Å²) in [5.74, 6) is 0.865. The minimum Gasteiger partial charge on any atom is -0.334 e. The van der Waals surface area contributed by atoms with Crippen molar-refractivity contribution in [3.05, 3.63) is 70.3 Å². The summed E-state index contributed by atoms with van der Waals surface area (Å²) < 4.78 is 6.95. The monoisotopic (exact) mass is 361 g/mol. The number of aryl methyl sites for hydroxylation is 1. The van der Waals surface area contributed by atoms with Crippen molar-refractivity contribution in [3.63, 3.8) is 0 Å². The zero-order chi connectivity index (χ0) is 19.2. The van der Waals surface area contributed by atoms with Crippen molar-refractivity contribution in [2.24, 2.45) is 9.98 Å². The molecule has 0 N–H and O–H groups in total. The molecule has 0 spiro atoms. The van der Waals surface area contributed by atoms with Gasteiger partial charge in [-0.05, 0) is 38.3 Å². The highest BCUT2D eigenvalue weighted by Gasteiger charge is 2.12. The summed E-state index contributed by atoms with van der Waals surface area (Å²) in [6, 6.07) is 11.0. The number of pyridine rings is 1. The molecule has 1 aromatic carbocycles. The topological polar surface area (TPSA) is 85.6 Å². The van der Waals surface area contributed by atoms with Gasteiger partial charge >= 0.3 is 0 Å². The second-order valence-electron chi connectivity index (χ2n) is 6.10. The van der Waals surface area contributed by atoms with Gasteiger partial charge in [0.05, 0.1) is 5.56 Å². The average Bonchev–Trinajstić information content (AvgIpc) is 3.14. The first-order valence-corrected chi connectivity index (χ1v) is 8.31. The largest absolute Gasteiger partial charge is 0.334 e. The van der Waals surface area contributed by atoms with Crippen molar-refractivity contribution in [1.82, 2.24) is 14.7 Å². The van der Waals surface area contributed by atoms with E-state index in [1.807, 2.05) is 38.1 Å². The van der Waals surface area contributed by atoms with Gasteiger partial charge in [-0.2, -0.15) is 4.98 Å². The lowest BCUT2D eigenvalue weighted by Gasteiger charge is -2.06. The quantitative estimate of drug-likeness (QED) is 0.497. The van der Waals surface area contributed by atoms with E-state index in [-0.39, 0.29) is 5.56 Å². The lowest BCUT2D eigenvalue weighted by molar-refractivity contribution is 0.432. The highest BCUT2D eigenvalue weighted by atomic mass is 16.5. The van der Waals surface area contributed by atoms with Crippen molar-refractivity contribution in [2.45, 2.75) is 20.4 Å². The maximum absolute atomic E-state index is 12.1. The van der Waals surface area contributed by atoms with Crippen molar-refractivity contribution in [2.75, 3.05) is 0 Å². The number of rotatable bonds is 6. The van der Waals surface area contributed by atoms with E-state index < -0.39 is 0 Å². The van der Waals surface area contributed by atoms with Gasteiger partial charge in [0.2, 0.25) is 5.82 Å². The molecule has 0 bridgehead atoms. The van der Waals surface area contributed by atoms with Crippen LogP contribution in [0.5, 0.6) is 0 Å². The maximum Gasteiger partial charge on any atom is 0.259 e. The van der Waals surface area contributed by atoms with E-state index in [4.69, 9.17) is 4.52 Å². The third kappa shape index (κ3) is 4.52. The van der Waals surface area contributed by atoms with Gasteiger partial charge in [0.15, 0.2) is 0 Å². The molecule has 3 aromatic rings. The zero-order valence-electron chi connectivity index (χ0n) is 15.2. The summed E-state index contributed by atoms with van der Waals surface area (Å²) in [5, 5.41) is 4.05. The van der Waals surface area contributed by atoms with Crippen molar-refractivity contribution >= 4 is 13.1 Å². The van der Waals surface area contributed by atoms with Crippen LogP contribution in [0.2, 0.25) is 0 Å². The van der Waals surface area contributed by atoms with Crippen LogP contribution in [0.4, 0.5) is 0 Å². The van der Waals surface area contributed by atoms with Crippen LogP contribution in [0.15, 0.2) is 73.7 Å². The van der Waals surface area contributed by atoms with Crippen LogP contribution in [0.1, 0.15) is 12.5 Å². The van der Waals surface area contributed by atoms with E-state index in [1.54, 1.807) is 23.0 Å². The second-order valence-corrected chi connectivity index (χ2v) is 6.10. The number of hydrogen-bond donors (Lipinski definition) is 0. The molecule has 0 unspecified atom stereocenters. The Morgan fingerprint density at radius 2 is 2.15 bits per heavy atom. The molecule has 0 aliphatic carbocycles.